The predicted molar refractivity (Wildman–Crippen MR) is 140 cm³/mol. The molecule has 3 aromatic heterocycles. The van der Waals surface area contributed by atoms with Gasteiger partial charge in [-0.05, 0) is 57.4 Å². The summed E-state index contributed by atoms with van der Waals surface area (Å²) in [6.45, 7) is 1.53. The second kappa shape index (κ2) is 11.0. The van der Waals surface area contributed by atoms with Gasteiger partial charge in [-0.25, -0.2) is 13.9 Å². The van der Waals surface area contributed by atoms with E-state index in [0.717, 1.165) is 50.4 Å². The van der Waals surface area contributed by atoms with Crippen LogP contribution in [0.1, 0.15) is 62.4 Å². The van der Waals surface area contributed by atoms with Crippen molar-refractivity contribution in [3.8, 4) is 0 Å². The number of aromatic nitrogens is 4. The van der Waals surface area contributed by atoms with Crippen LogP contribution >= 0.6 is 0 Å². The molecule has 2 saturated carbocycles. The molecule has 202 valence electrons. The lowest BCUT2D eigenvalue weighted by Gasteiger charge is -2.30. The predicted octanol–water partition coefficient (Wildman–Crippen LogP) is 2.73. The van der Waals surface area contributed by atoms with Gasteiger partial charge in [0, 0.05) is 30.8 Å². The highest BCUT2D eigenvalue weighted by Crippen LogP contribution is 2.32. The fourth-order valence-electron chi connectivity index (χ4n) is 4.82. The van der Waals surface area contributed by atoms with E-state index in [9.17, 15) is 19.1 Å². The monoisotopic (exact) mass is 524 g/mol. The number of nitrogens with one attached hydrogen (secondary N) is 3. The van der Waals surface area contributed by atoms with E-state index < -0.39 is 23.9 Å². The summed E-state index contributed by atoms with van der Waals surface area (Å²) < 4.78 is 15.5. The quantitative estimate of drug-likeness (QED) is 0.269. The third-order valence-corrected chi connectivity index (χ3v) is 7.24. The Bertz CT molecular complexity index is 1320. The smallest absolute Gasteiger partial charge is 0.276 e. The van der Waals surface area contributed by atoms with Crippen molar-refractivity contribution in [2.45, 2.75) is 76.1 Å². The molecule has 2 aliphatic carbocycles. The van der Waals surface area contributed by atoms with Crippen molar-refractivity contribution in [3.63, 3.8) is 0 Å². The van der Waals surface area contributed by atoms with Crippen LogP contribution < -0.4 is 21.7 Å². The van der Waals surface area contributed by atoms with Crippen LogP contribution in [0.4, 0.5) is 21.6 Å². The van der Waals surface area contributed by atoms with E-state index in [2.05, 4.69) is 31.0 Å². The lowest BCUT2D eigenvalue weighted by Crippen LogP contribution is -2.41. The maximum atomic E-state index is 14.0. The van der Waals surface area contributed by atoms with Crippen LogP contribution in [0.25, 0.3) is 5.65 Å². The number of aliphatic hydroxyl groups is 1. The van der Waals surface area contributed by atoms with Gasteiger partial charge in [0.2, 0.25) is 0 Å². The van der Waals surface area contributed by atoms with Gasteiger partial charge in [-0.3, -0.25) is 14.6 Å². The van der Waals surface area contributed by atoms with E-state index in [4.69, 9.17) is 5.73 Å². The molecule has 6 N–H and O–H groups in total. The molecule has 12 heteroatoms. The maximum absolute atomic E-state index is 14.0. The van der Waals surface area contributed by atoms with Crippen molar-refractivity contribution >= 4 is 34.5 Å². The number of rotatable bonds is 10. The zero-order valence-corrected chi connectivity index (χ0v) is 21.2. The first-order chi connectivity index (χ1) is 18.3. The molecule has 0 radical (unpaired) electrons. The number of amides is 1. The van der Waals surface area contributed by atoms with Crippen molar-refractivity contribution in [1.29, 1.82) is 0 Å². The SMILES string of the molecule is C[C@H](O)[C@@H](N)C(=O)CC1CCC(Nc2cc(NC3CC3)c3ncc(C(=O)Nc4ccncc4F)n3n2)CC1. The molecule has 5 rings (SSSR count). The number of hydrogen-bond acceptors (Lipinski definition) is 9. The van der Waals surface area contributed by atoms with Crippen LogP contribution in [0.15, 0.2) is 30.7 Å². The van der Waals surface area contributed by atoms with Crippen molar-refractivity contribution in [2.75, 3.05) is 16.0 Å². The number of halogens is 1. The van der Waals surface area contributed by atoms with E-state index in [1.54, 1.807) is 0 Å². The summed E-state index contributed by atoms with van der Waals surface area (Å²) in [6, 6.07) is 2.96. The van der Waals surface area contributed by atoms with Crippen molar-refractivity contribution < 1.29 is 19.1 Å². The molecule has 0 bridgehead atoms. The second-order valence-corrected chi connectivity index (χ2v) is 10.3. The molecule has 3 heterocycles. The molecule has 0 unspecified atom stereocenters. The van der Waals surface area contributed by atoms with E-state index >= 15 is 0 Å². The summed E-state index contributed by atoms with van der Waals surface area (Å²) in [6.07, 6.45) is 8.95. The first-order valence-corrected chi connectivity index (χ1v) is 13.1. The largest absolute Gasteiger partial charge is 0.391 e. The van der Waals surface area contributed by atoms with E-state index in [1.165, 1.54) is 29.9 Å². The van der Waals surface area contributed by atoms with Crippen LogP contribution in [0.2, 0.25) is 0 Å². The average molecular weight is 525 g/mol. The number of nitrogens with two attached hydrogens (primary N) is 1. The zero-order valence-electron chi connectivity index (χ0n) is 21.2. The molecule has 0 aromatic carbocycles. The minimum atomic E-state index is -0.848. The Morgan fingerprint density at radius 1 is 1.13 bits per heavy atom. The molecule has 0 saturated heterocycles. The number of aliphatic hydroxyl groups excluding tert-OH is 1. The number of ketones is 1. The normalized spacial score (nSPS) is 21.1. The molecule has 11 nitrogen and oxygen atoms in total. The second-order valence-electron chi connectivity index (χ2n) is 10.3. The number of anilines is 3. The standard InChI is InChI=1S/C26H33FN8O3/c1-14(36)24(28)22(37)10-15-2-4-17(5-3-15)32-23-11-20(31-16-6-7-16)25-30-13-21(35(25)34-23)26(38)33-19-8-9-29-12-18(19)27/h8-9,11-17,24,31,36H,2-7,10,28H2,1H3,(H,32,34)(H,29,33,38)/t14-,15?,17?,24+/m0/s1. The first kappa shape index (κ1) is 26.0. The fraction of sp³-hybridized carbons (Fsp3) is 0.500. The minimum absolute atomic E-state index is 0.0233. The summed E-state index contributed by atoms with van der Waals surface area (Å²) in [5.74, 6) is -0.433. The lowest BCUT2D eigenvalue weighted by molar-refractivity contribution is -0.123. The molecule has 3 aromatic rings. The Morgan fingerprint density at radius 3 is 2.53 bits per heavy atom. The Morgan fingerprint density at radius 2 is 1.84 bits per heavy atom. The number of fused-ring (bicyclic) bond motifs is 1. The van der Waals surface area contributed by atoms with Gasteiger partial charge in [0.1, 0.15) is 5.82 Å². The topological polar surface area (TPSA) is 160 Å². The summed E-state index contributed by atoms with van der Waals surface area (Å²) in [5.41, 5.74) is 7.28. The molecular weight excluding hydrogens is 491 g/mol. The van der Waals surface area contributed by atoms with Crippen LogP contribution in [0.5, 0.6) is 0 Å². The van der Waals surface area contributed by atoms with Gasteiger partial charge in [0.05, 0.1) is 35.9 Å². The molecular formula is C26H33FN8O3. The van der Waals surface area contributed by atoms with Crippen LogP contribution in [0.3, 0.4) is 0 Å². The summed E-state index contributed by atoms with van der Waals surface area (Å²) in [7, 11) is 0. The number of Topliss-reactive ketones (excluding diaryl/α,β-unsaturated/α-hetero) is 1. The average Bonchev–Trinajstić information content (AvgIpc) is 3.61. The van der Waals surface area contributed by atoms with Gasteiger partial charge in [0.15, 0.2) is 22.9 Å². The minimum Gasteiger partial charge on any atom is -0.391 e. The summed E-state index contributed by atoms with van der Waals surface area (Å²) >= 11 is 0. The molecule has 0 spiro atoms. The summed E-state index contributed by atoms with van der Waals surface area (Å²) in [4.78, 5) is 33.4. The number of nitrogens with zero attached hydrogens (tertiary/aromatic N) is 4. The number of pyridine rings is 1. The highest BCUT2D eigenvalue weighted by molar-refractivity contribution is 6.03. The zero-order chi connectivity index (χ0) is 26.8. The van der Waals surface area contributed by atoms with E-state index in [1.807, 2.05) is 6.07 Å². The maximum Gasteiger partial charge on any atom is 0.276 e. The highest BCUT2D eigenvalue weighted by Gasteiger charge is 2.28. The van der Waals surface area contributed by atoms with Crippen LogP contribution in [0, 0.1) is 11.7 Å². The van der Waals surface area contributed by atoms with Crippen molar-refractivity contribution in [2.24, 2.45) is 11.7 Å². The first-order valence-electron chi connectivity index (χ1n) is 13.1. The Labute approximate surface area is 219 Å². The highest BCUT2D eigenvalue weighted by atomic mass is 19.1. The van der Waals surface area contributed by atoms with Gasteiger partial charge in [-0.15, -0.1) is 5.10 Å². The third kappa shape index (κ3) is 5.91. The molecule has 2 atom stereocenters. The Kier molecular flexibility index (Phi) is 7.52. The fourth-order valence-corrected chi connectivity index (χ4v) is 4.82. The summed E-state index contributed by atoms with van der Waals surface area (Å²) in [5, 5.41) is 23.8. The van der Waals surface area contributed by atoms with Gasteiger partial charge in [-0.1, -0.05) is 0 Å². The lowest BCUT2D eigenvalue weighted by atomic mass is 9.82. The van der Waals surface area contributed by atoms with Crippen molar-refractivity contribution in [1.82, 2.24) is 19.6 Å². The van der Waals surface area contributed by atoms with Crippen LogP contribution in [-0.2, 0) is 4.79 Å². The third-order valence-electron chi connectivity index (χ3n) is 7.24. The Hall–Kier alpha value is -3.64. The van der Waals surface area contributed by atoms with E-state index in [0.29, 0.717) is 23.9 Å². The van der Waals surface area contributed by atoms with Crippen LogP contribution in [-0.4, -0.2) is 60.6 Å². The number of carbonyl (C=O) groups excluding carboxylic acids is 2. The van der Waals surface area contributed by atoms with Gasteiger partial charge in [-0.2, -0.15) is 0 Å². The molecule has 38 heavy (non-hydrogen) atoms. The molecule has 0 aliphatic heterocycles. The molecule has 1 amide bonds. The van der Waals surface area contributed by atoms with Gasteiger partial charge >= 0.3 is 0 Å². The number of imidazole rings is 1. The Balaban J connectivity index is 1.30. The van der Waals surface area contributed by atoms with E-state index in [-0.39, 0.29) is 29.1 Å². The van der Waals surface area contributed by atoms with Gasteiger partial charge < -0.3 is 26.8 Å². The molecule has 2 fully saturated rings. The van der Waals surface area contributed by atoms with Gasteiger partial charge in [0.25, 0.3) is 5.91 Å². The molecule has 2 aliphatic rings. The van der Waals surface area contributed by atoms with Crippen molar-refractivity contribution in [3.05, 3.63) is 42.2 Å². The number of carbonyl (C=O) groups is 2. The number of hydrogen-bond donors (Lipinski definition) is 5.